The Hall–Kier alpha value is -1.85. The molecule has 96 valence electrons. The summed E-state index contributed by atoms with van der Waals surface area (Å²) < 4.78 is 26.2. The van der Waals surface area contributed by atoms with Gasteiger partial charge in [0.25, 0.3) is 0 Å². The molecular formula is C14H10O3S2. The molecule has 0 bridgehead atoms. The lowest BCUT2D eigenvalue weighted by atomic mass is 10.3. The molecule has 0 atom stereocenters. The quantitative estimate of drug-likeness (QED) is 0.786. The second kappa shape index (κ2) is 4.36. The second-order valence-corrected chi connectivity index (χ2v) is 7.36. The van der Waals surface area contributed by atoms with Crippen LogP contribution in [0.25, 0.3) is 10.1 Å². The van der Waals surface area contributed by atoms with E-state index in [2.05, 4.69) is 0 Å². The molecule has 1 N–H and O–H groups in total. The molecule has 0 unspecified atom stereocenters. The maximum Gasteiger partial charge on any atom is 0.215 e. The van der Waals surface area contributed by atoms with Crippen molar-refractivity contribution in [3.05, 3.63) is 54.6 Å². The van der Waals surface area contributed by atoms with Crippen LogP contribution in [0.15, 0.2) is 63.7 Å². The fourth-order valence-corrected chi connectivity index (χ4v) is 4.63. The number of thiophene rings is 1. The number of phenolic OH excluding ortho intramolecular Hbond substituents is 1. The van der Waals surface area contributed by atoms with Crippen LogP contribution in [-0.2, 0) is 9.84 Å². The third kappa shape index (κ3) is 2.11. The van der Waals surface area contributed by atoms with E-state index in [0.717, 1.165) is 10.1 Å². The summed E-state index contributed by atoms with van der Waals surface area (Å²) in [5.41, 5.74) is 0. The molecule has 0 saturated carbocycles. The van der Waals surface area contributed by atoms with Crippen molar-refractivity contribution in [1.29, 1.82) is 0 Å². The smallest absolute Gasteiger partial charge is 0.215 e. The van der Waals surface area contributed by atoms with Gasteiger partial charge in [0.2, 0.25) is 9.84 Å². The van der Waals surface area contributed by atoms with Gasteiger partial charge >= 0.3 is 0 Å². The lowest BCUT2D eigenvalue weighted by molar-refractivity contribution is 0.475. The van der Waals surface area contributed by atoms with Crippen molar-refractivity contribution >= 4 is 31.3 Å². The number of aromatic hydroxyl groups is 1. The van der Waals surface area contributed by atoms with Crippen LogP contribution in [0.2, 0.25) is 0 Å². The van der Waals surface area contributed by atoms with Crippen LogP contribution in [0.4, 0.5) is 0 Å². The van der Waals surface area contributed by atoms with E-state index in [9.17, 15) is 13.5 Å². The monoisotopic (exact) mass is 290 g/mol. The van der Waals surface area contributed by atoms with Crippen LogP contribution < -0.4 is 0 Å². The molecular weight excluding hydrogens is 280 g/mol. The number of sulfone groups is 1. The van der Waals surface area contributed by atoms with Crippen LogP contribution in [0.1, 0.15) is 0 Å². The van der Waals surface area contributed by atoms with Gasteiger partial charge in [-0.2, -0.15) is 0 Å². The molecule has 0 saturated heterocycles. The van der Waals surface area contributed by atoms with Gasteiger partial charge < -0.3 is 5.11 Å². The number of phenols is 1. The molecule has 0 radical (unpaired) electrons. The van der Waals surface area contributed by atoms with E-state index in [1.165, 1.54) is 35.6 Å². The molecule has 3 nitrogen and oxygen atoms in total. The Kier molecular flexibility index (Phi) is 2.80. The van der Waals surface area contributed by atoms with Gasteiger partial charge in [0.1, 0.15) is 9.96 Å². The van der Waals surface area contributed by atoms with E-state index in [1.807, 2.05) is 24.3 Å². The molecule has 0 spiro atoms. The first-order valence-electron chi connectivity index (χ1n) is 5.60. The van der Waals surface area contributed by atoms with Gasteiger partial charge in [0, 0.05) is 4.70 Å². The molecule has 19 heavy (non-hydrogen) atoms. The first kappa shape index (κ1) is 12.2. The largest absolute Gasteiger partial charge is 0.508 e. The van der Waals surface area contributed by atoms with Crippen molar-refractivity contribution in [3.63, 3.8) is 0 Å². The molecule has 3 rings (SSSR count). The zero-order valence-corrected chi connectivity index (χ0v) is 11.4. The minimum atomic E-state index is -3.51. The minimum absolute atomic E-state index is 0.0512. The second-order valence-electron chi connectivity index (χ2n) is 4.10. The Morgan fingerprint density at radius 3 is 2.32 bits per heavy atom. The fraction of sp³-hybridized carbons (Fsp3) is 0. The van der Waals surface area contributed by atoms with Crippen LogP contribution in [-0.4, -0.2) is 13.5 Å². The summed E-state index contributed by atoms with van der Waals surface area (Å²) >= 11 is 1.25. The van der Waals surface area contributed by atoms with Gasteiger partial charge in [0.05, 0.1) is 4.90 Å². The van der Waals surface area contributed by atoms with Crippen molar-refractivity contribution in [1.82, 2.24) is 0 Å². The molecule has 0 fully saturated rings. The molecule has 2 aromatic carbocycles. The highest BCUT2D eigenvalue weighted by molar-refractivity contribution is 7.93. The van der Waals surface area contributed by atoms with Crippen molar-refractivity contribution in [2.45, 2.75) is 9.10 Å². The summed E-state index contributed by atoms with van der Waals surface area (Å²) in [6.45, 7) is 0. The van der Waals surface area contributed by atoms with Gasteiger partial charge in [-0.05, 0) is 41.8 Å². The maximum atomic E-state index is 12.4. The Balaban J connectivity index is 2.16. The molecule has 0 amide bonds. The number of hydrogen-bond acceptors (Lipinski definition) is 4. The topological polar surface area (TPSA) is 54.4 Å². The third-order valence-electron chi connectivity index (χ3n) is 2.81. The van der Waals surface area contributed by atoms with E-state index in [1.54, 1.807) is 6.07 Å². The van der Waals surface area contributed by atoms with E-state index in [-0.39, 0.29) is 10.6 Å². The Morgan fingerprint density at radius 1 is 0.947 bits per heavy atom. The van der Waals surface area contributed by atoms with E-state index in [4.69, 9.17) is 0 Å². The summed E-state index contributed by atoms with van der Waals surface area (Å²) in [4.78, 5) is 0.192. The first-order valence-corrected chi connectivity index (χ1v) is 7.90. The summed E-state index contributed by atoms with van der Waals surface area (Å²) in [6, 6.07) is 14.8. The molecule has 1 heterocycles. The van der Waals surface area contributed by atoms with Gasteiger partial charge in [-0.3, -0.25) is 0 Å². The molecule has 1 aromatic heterocycles. The van der Waals surface area contributed by atoms with Crippen LogP contribution in [0, 0.1) is 0 Å². The SMILES string of the molecule is O=S(=O)(c1ccc(O)cc1)c1cc2ccccc2s1. The first-order chi connectivity index (χ1) is 9.07. The Bertz CT molecular complexity index is 798. The Morgan fingerprint density at radius 2 is 1.63 bits per heavy atom. The maximum absolute atomic E-state index is 12.4. The van der Waals surface area contributed by atoms with Gasteiger partial charge in [-0.15, -0.1) is 11.3 Å². The molecule has 3 aromatic rings. The van der Waals surface area contributed by atoms with E-state index in [0.29, 0.717) is 4.21 Å². The summed E-state index contributed by atoms with van der Waals surface area (Å²) in [5, 5.41) is 10.1. The van der Waals surface area contributed by atoms with E-state index >= 15 is 0 Å². The lowest BCUT2D eigenvalue weighted by Crippen LogP contribution is -1.98. The third-order valence-corrected chi connectivity index (χ3v) is 6.17. The molecule has 5 heteroatoms. The predicted octanol–water partition coefficient (Wildman–Crippen LogP) is 3.44. The average Bonchev–Trinajstić information content (AvgIpc) is 2.83. The number of benzene rings is 2. The van der Waals surface area contributed by atoms with Crippen molar-refractivity contribution in [2.24, 2.45) is 0 Å². The number of hydrogen-bond donors (Lipinski definition) is 1. The molecule has 0 aliphatic rings. The van der Waals surface area contributed by atoms with Gasteiger partial charge in [-0.1, -0.05) is 18.2 Å². The van der Waals surface area contributed by atoms with Crippen molar-refractivity contribution < 1.29 is 13.5 Å². The zero-order chi connectivity index (χ0) is 13.5. The summed E-state index contributed by atoms with van der Waals surface area (Å²) in [6.07, 6.45) is 0. The number of fused-ring (bicyclic) bond motifs is 1. The zero-order valence-electron chi connectivity index (χ0n) is 9.78. The highest BCUT2D eigenvalue weighted by Crippen LogP contribution is 2.32. The number of rotatable bonds is 2. The standard InChI is InChI=1S/C14H10O3S2/c15-11-5-7-12(8-6-11)19(16,17)14-9-10-3-1-2-4-13(10)18-14/h1-9,15H. The fourth-order valence-electron chi connectivity index (χ4n) is 1.83. The summed E-state index contributed by atoms with van der Waals surface area (Å²) in [5.74, 6) is 0.0512. The van der Waals surface area contributed by atoms with Crippen molar-refractivity contribution in [3.8, 4) is 5.75 Å². The molecule has 0 aliphatic heterocycles. The minimum Gasteiger partial charge on any atom is -0.508 e. The van der Waals surface area contributed by atoms with Crippen molar-refractivity contribution in [2.75, 3.05) is 0 Å². The van der Waals surface area contributed by atoms with Crippen LogP contribution in [0.3, 0.4) is 0 Å². The summed E-state index contributed by atoms with van der Waals surface area (Å²) in [7, 11) is -3.51. The normalized spacial score (nSPS) is 11.8. The molecule has 0 aliphatic carbocycles. The highest BCUT2D eigenvalue weighted by Gasteiger charge is 2.20. The Labute approximate surface area is 114 Å². The lowest BCUT2D eigenvalue weighted by Gasteiger charge is -2.01. The average molecular weight is 290 g/mol. The van der Waals surface area contributed by atoms with Gasteiger partial charge in [0.15, 0.2) is 0 Å². The van der Waals surface area contributed by atoms with E-state index < -0.39 is 9.84 Å². The highest BCUT2D eigenvalue weighted by atomic mass is 32.2. The van der Waals surface area contributed by atoms with Crippen LogP contribution >= 0.6 is 11.3 Å². The van der Waals surface area contributed by atoms with Gasteiger partial charge in [-0.25, -0.2) is 8.42 Å². The predicted molar refractivity (Wildman–Crippen MR) is 75.4 cm³/mol. The van der Waals surface area contributed by atoms with Crippen LogP contribution in [0.5, 0.6) is 5.75 Å².